The van der Waals surface area contributed by atoms with Gasteiger partial charge >= 0.3 is 0 Å². The van der Waals surface area contributed by atoms with Crippen LogP contribution >= 0.6 is 11.6 Å². The van der Waals surface area contributed by atoms with Gasteiger partial charge in [-0.3, -0.25) is 9.78 Å². The molecule has 23 heavy (non-hydrogen) atoms. The molecule has 5 nitrogen and oxygen atoms in total. The Hall–Kier alpha value is -2.11. The molecule has 0 aliphatic carbocycles. The lowest BCUT2D eigenvalue weighted by molar-refractivity contribution is 0.102. The number of piperazine rings is 1. The van der Waals surface area contributed by atoms with Gasteiger partial charge in [0, 0.05) is 48.8 Å². The average molecular weight is 331 g/mol. The number of anilines is 2. The summed E-state index contributed by atoms with van der Waals surface area (Å²) in [5, 5.41) is 3.41. The van der Waals surface area contributed by atoms with Crippen LogP contribution in [0.25, 0.3) is 0 Å². The van der Waals surface area contributed by atoms with Crippen molar-refractivity contribution in [1.82, 2.24) is 9.88 Å². The fourth-order valence-electron chi connectivity index (χ4n) is 2.57. The second kappa shape index (κ2) is 6.98. The molecule has 6 heteroatoms. The molecule has 1 aromatic heterocycles. The van der Waals surface area contributed by atoms with Crippen molar-refractivity contribution < 1.29 is 4.79 Å². The fourth-order valence-corrected chi connectivity index (χ4v) is 2.76. The van der Waals surface area contributed by atoms with E-state index in [-0.39, 0.29) is 5.91 Å². The molecular weight excluding hydrogens is 312 g/mol. The zero-order valence-corrected chi connectivity index (χ0v) is 13.8. The Bertz CT molecular complexity index is 698. The van der Waals surface area contributed by atoms with Crippen LogP contribution in [0.1, 0.15) is 10.5 Å². The lowest BCUT2D eigenvalue weighted by atomic mass is 10.2. The third kappa shape index (κ3) is 4.00. The number of aromatic nitrogens is 1. The number of benzene rings is 1. The minimum atomic E-state index is -0.233. The number of carbonyl (C=O) groups excluding carboxylic acids is 1. The summed E-state index contributed by atoms with van der Waals surface area (Å²) in [4.78, 5) is 21.1. The topological polar surface area (TPSA) is 48.5 Å². The van der Waals surface area contributed by atoms with Crippen molar-refractivity contribution in [3.63, 3.8) is 0 Å². The zero-order chi connectivity index (χ0) is 16.2. The number of pyridine rings is 1. The maximum Gasteiger partial charge on any atom is 0.274 e. The van der Waals surface area contributed by atoms with Crippen LogP contribution < -0.4 is 10.2 Å². The summed E-state index contributed by atoms with van der Waals surface area (Å²) in [6.07, 6.45) is 1.68. The van der Waals surface area contributed by atoms with Crippen molar-refractivity contribution in [3.05, 3.63) is 53.3 Å². The molecule has 0 saturated carbocycles. The number of nitrogens with one attached hydrogen (secondary N) is 1. The monoisotopic (exact) mass is 330 g/mol. The second-order valence-electron chi connectivity index (χ2n) is 5.65. The van der Waals surface area contributed by atoms with Crippen LogP contribution in [0.4, 0.5) is 11.4 Å². The van der Waals surface area contributed by atoms with Gasteiger partial charge in [0.15, 0.2) is 0 Å². The molecule has 0 radical (unpaired) electrons. The Morgan fingerprint density at radius 1 is 1.17 bits per heavy atom. The van der Waals surface area contributed by atoms with Crippen LogP contribution in [0.2, 0.25) is 5.02 Å². The Morgan fingerprint density at radius 3 is 2.70 bits per heavy atom. The maximum absolute atomic E-state index is 12.4. The van der Waals surface area contributed by atoms with E-state index in [0.29, 0.717) is 16.4 Å². The van der Waals surface area contributed by atoms with E-state index in [0.717, 1.165) is 31.9 Å². The van der Waals surface area contributed by atoms with E-state index in [1.54, 1.807) is 30.5 Å². The van der Waals surface area contributed by atoms with E-state index in [1.807, 2.05) is 12.1 Å². The highest BCUT2D eigenvalue weighted by Crippen LogP contribution is 2.19. The number of nitrogens with zero attached hydrogens (tertiary/aromatic N) is 3. The van der Waals surface area contributed by atoms with Gasteiger partial charge in [0.05, 0.1) is 0 Å². The van der Waals surface area contributed by atoms with Crippen LogP contribution in [0.3, 0.4) is 0 Å². The van der Waals surface area contributed by atoms with E-state index in [4.69, 9.17) is 11.6 Å². The van der Waals surface area contributed by atoms with E-state index < -0.39 is 0 Å². The summed E-state index contributed by atoms with van der Waals surface area (Å²) < 4.78 is 0. The van der Waals surface area contributed by atoms with Crippen LogP contribution in [0.5, 0.6) is 0 Å². The van der Waals surface area contributed by atoms with Crippen molar-refractivity contribution >= 4 is 28.9 Å². The number of rotatable bonds is 3. The minimum absolute atomic E-state index is 0.233. The molecule has 1 aliphatic rings. The summed E-state index contributed by atoms with van der Waals surface area (Å²) in [5.74, 6) is -0.233. The highest BCUT2D eigenvalue weighted by molar-refractivity contribution is 6.30. The van der Waals surface area contributed by atoms with Crippen LogP contribution in [-0.2, 0) is 0 Å². The Kier molecular flexibility index (Phi) is 4.79. The minimum Gasteiger partial charge on any atom is -0.369 e. The van der Waals surface area contributed by atoms with Gasteiger partial charge in [-0.05, 0) is 37.4 Å². The van der Waals surface area contributed by atoms with Crippen molar-refractivity contribution in [2.45, 2.75) is 0 Å². The molecule has 1 fully saturated rings. The number of hydrogen-bond donors (Lipinski definition) is 1. The van der Waals surface area contributed by atoms with E-state index in [2.05, 4.69) is 27.1 Å². The first-order valence-electron chi connectivity index (χ1n) is 7.58. The molecule has 3 rings (SSSR count). The predicted molar refractivity (Wildman–Crippen MR) is 93.4 cm³/mol. The van der Waals surface area contributed by atoms with Gasteiger partial charge in [0.2, 0.25) is 0 Å². The normalized spacial score (nSPS) is 15.5. The van der Waals surface area contributed by atoms with Crippen molar-refractivity contribution in [3.8, 4) is 0 Å². The Balaban J connectivity index is 1.72. The third-order valence-electron chi connectivity index (χ3n) is 3.93. The molecular formula is C17H19ClN4O. The largest absolute Gasteiger partial charge is 0.369 e. The summed E-state index contributed by atoms with van der Waals surface area (Å²) in [7, 11) is 2.12. The van der Waals surface area contributed by atoms with E-state index >= 15 is 0 Å². The molecule has 120 valence electrons. The van der Waals surface area contributed by atoms with Gasteiger partial charge in [-0.15, -0.1) is 0 Å². The second-order valence-corrected chi connectivity index (χ2v) is 6.09. The van der Waals surface area contributed by atoms with Crippen LogP contribution in [0.15, 0.2) is 42.6 Å². The molecule has 0 spiro atoms. The number of carbonyl (C=O) groups is 1. The van der Waals surface area contributed by atoms with Crippen molar-refractivity contribution in [2.75, 3.05) is 43.4 Å². The molecule has 2 heterocycles. The van der Waals surface area contributed by atoms with Gasteiger partial charge in [0.1, 0.15) is 5.69 Å². The fraction of sp³-hybridized carbons (Fsp3) is 0.294. The third-order valence-corrected chi connectivity index (χ3v) is 4.16. The molecule has 1 N–H and O–H groups in total. The Labute approximate surface area is 140 Å². The Morgan fingerprint density at radius 2 is 1.96 bits per heavy atom. The number of hydrogen-bond acceptors (Lipinski definition) is 4. The summed E-state index contributed by atoms with van der Waals surface area (Å²) in [5.41, 5.74) is 2.10. The first kappa shape index (κ1) is 15.8. The number of halogens is 1. The van der Waals surface area contributed by atoms with Crippen LogP contribution in [-0.4, -0.2) is 49.0 Å². The summed E-state index contributed by atoms with van der Waals surface area (Å²) in [6.45, 7) is 3.95. The van der Waals surface area contributed by atoms with Crippen molar-refractivity contribution in [2.24, 2.45) is 0 Å². The molecule has 1 amide bonds. The van der Waals surface area contributed by atoms with Gasteiger partial charge in [0.25, 0.3) is 5.91 Å². The lowest BCUT2D eigenvalue weighted by Crippen LogP contribution is -2.44. The SMILES string of the molecule is CN1CCN(c2ccnc(C(=O)Nc3cccc(Cl)c3)c2)CC1. The number of likely N-dealkylation sites (N-methyl/N-ethyl adjacent to an activating group) is 1. The van der Waals surface area contributed by atoms with E-state index in [9.17, 15) is 4.79 Å². The molecule has 0 unspecified atom stereocenters. The van der Waals surface area contributed by atoms with Crippen LogP contribution in [0, 0.1) is 0 Å². The quantitative estimate of drug-likeness (QED) is 0.940. The van der Waals surface area contributed by atoms with Gasteiger partial charge < -0.3 is 15.1 Å². The standard InChI is InChI=1S/C17H19ClN4O/c1-21-7-9-22(10-8-21)15-5-6-19-16(12-15)17(23)20-14-4-2-3-13(18)11-14/h2-6,11-12H,7-10H2,1H3,(H,20,23). The van der Waals surface area contributed by atoms with Gasteiger partial charge in [-0.1, -0.05) is 17.7 Å². The van der Waals surface area contributed by atoms with Crippen molar-refractivity contribution in [1.29, 1.82) is 0 Å². The number of amides is 1. The highest BCUT2D eigenvalue weighted by atomic mass is 35.5. The molecule has 0 bridgehead atoms. The summed E-state index contributed by atoms with van der Waals surface area (Å²) >= 11 is 5.94. The first-order chi connectivity index (χ1) is 11.1. The molecule has 2 aromatic rings. The molecule has 1 aliphatic heterocycles. The van der Waals surface area contributed by atoms with E-state index in [1.165, 1.54) is 0 Å². The average Bonchev–Trinajstić information content (AvgIpc) is 2.56. The molecule has 1 saturated heterocycles. The zero-order valence-electron chi connectivity index (χ0n) is 13.0. The lowest BCUT2D eigenvalue weighted by Gasteiger charge is -2.34. The highest BCUT2D eigenvalue weighted by Gasteiger charge is 2.16. The van der Waals surface area contributed by atoms with Gasteiger partial charge in [-0.2, -0.15) is 0 Å². The molecule has 1 aromatic carbocycles. The smallest absolute Gasteiger partial charge is 0.274 e. The van der Waals surface area contributed by atoms with Gasteiger partial charge in [-0.25, -0.2) is 0 Å². The maximum atomic E-state index is 12.4. The molecule has 0 atom stereocenters. The summed E-state index contributed by atoms with van der Waals surface area (Å²) in [6, 6.07) is 10.9. The predicted octanol–water partition coefficient (Wildman–Crippen LogP) is 2.74. The first-order valence-corrected chi connectivity index (χ1v) is 7.96.